The maximum Gasteiger partial charge on any atom is 0.252 e. The van der Waals surface area contributed by atoms with Crippen LogP contribution in [0, 0.1) is 0 Å². The van der Waals surface area contributed by atoms with Crippen LogP contribution in [0.5, 0.6) is 0 Å². The Labute approximate surface area is 212 Å². The summed E-state index contributed by atoms with van der Waals surface area (Å²) in [7, 11) is 0. The van der Waals surface area contributed by atoms with E-state index in [0.717, 1.165) is 23.3 Å². The Kier molecular flexibility index (Phi) is 8.96. The smallest absolute Gasteiger partial charge is 0.252 e. The molecule has 0 saturated carbocycles. The van der Waals surface area contributed by atoms with E-state index in [4.69, 9.17) is 27.9 Å². The average Bonchev–Trinajstić information content (AvgIpc) is 2.76. The second-order valence-corrected chi connectivity index (χ2v) is 12.1. The Morgan fingerprint density at radius 3 is 2.39 bits per heavy atom. The summed E-state index contributed by atoms with van der Waals surface area (Å²) < 4.78 is 6.59. The van der Waals surface area contributed by atoms with Gasteiger partial charge in [-0.15, -0.1) is 6.58 Å². The fourth-order valence-electron chi connectivity index (χ4n) is 4.15. The van der Waals surface area contributed by atoms with Crippen LogP contribution in [0.4, 0.5) is 0 Å². The third-order valence-corrected chi connectivity index (χ3v) is 7.67. The molecule has 1 aliphatic heterocycles. The third-order valence-electron chi connectivity index (χ3n) is 5.77. The molecule has 33 heavy (non-hydrogen) atoms. The summed E-state index contributed by atoms with van der Waals surface area (Å²) >= 11 is 14.4. The van der Waals surface area contributed by atoms with Gasteiger partial charge >= 0.3 is 0 Å². The zero-order chi connectivity index (χ0) is 24.2. The third kappa shape index (κ3) is 6.57. The van der Waals surface area contributed by atoms with Crippen molar-refractivity contribution in [2.45, 2.75) is 69.6 Å². The molecule has 0 aliphatic carbocycles. The summed E-state index contributed by atoms with van der Waals surface area (Å²) in [4.78, 5) is 15.9. The number of carbonyl (C=O) groups is 1. The summed E-state index contributed by atoms with van der Waals surface area (Å²) in [6, 6.07) is 15.2. The van der Waals surface area contributed by atoms with Crippen molar-refractivity contribution in [2.24, 2.45) is 0 Å². The van der Waals surface area contributed by atoms with E-state index < -0.39 is 6.10 Å². The van der Waals surface area contributed by atoms with E-state index in [0.29, 0.717) is 16.5 Å². The molecule has 0 aromatic heterocycles. The number of carbonyl (C=O) groups excluding carboxylic acids is 1. The molecule has 0 N–H and O–H groups in total. The molecule has 2 aromatic carbocycles. The number of hydrogen-bond acceptors (Lipinski definition) is 3. The minimum absolute atomic E-state index is 0.00878. The monoisotopic (exact) mass is 505 g/mol. The van der Waals surface area contributed by atoms with Gasteiger partial charge in [0.25, 0.3) is 5.91 Å². The molecule has 0 unspecified atom stereocenters. The molecule has 178 valence electrons. The number of thioether (sulfide) groups is 1. The highest BCUT2D eigenvalue weighted by Crippen LogP contribution is 2.45. The second kappa shape index (κ2) is 11.3. The standard InChI is InChI=1S/C27H33Cl2NO2S/c1-6-9-23-26(31)30(22(7-2)17-33-27(3,4)5)24(18-12-14-20(28)15-13-18)25(32-23)19-10-8-11-21(29)16-19/h6,8,10-16,22-25H,1,7,9,17H2,2-5H3/t22-,23+,24-,25-/m1/s1. The molecule has 0 bridgehead atoms. The van der Waals surface area contributed by atoms with Gasteiger partial charge in [-0.05, 0) is 41.8 Å². The van der Waals surface area contributed by atoms with Gasteiger partial charge in [-0.3, -0.25) is 4.79 Å². The van der Waals surface area contributed by atoms with Crippen LogP contribution in [-0.4, -0.2) is 33.5 Å². The Bertz CT molecular complexity index is 957. The average molecular weight is 507 g/mol. The lowest BCUT2D eigenvalue weighted by molar-refractivity contribution is -0.178. The quantitative estimate of drug-likeness (QED) is 0.341. The highest BCUT2D eigenvalue weighted by atomic mass is 35.5. The number of ether oxygens (including phenoxy) is 1. The van der Waals surface area contributed by atoms with Crippen LogP contribution in [-0.2, 0) is 9.53 Å². The first-order valence-corrected chi connectivity index (χ1v) is 13.1. The van der Waals surface area contributed by atoms with Gasteiger partial charge in [0, 0.05) is 33.0 Å². The number of halogens is 2. The molecule has 1 aliphatic rings. The van der Waals surface area contributed by atoms with E-state index >= 15 is 0 Å². The van der Waals surface area contributed by atoms with Gasteiger partial charge in [0.2, 0.25) is 0 Å². The van der Waals surface area contributed by atoms with Gasteiger partial charge in [-0.1, -0.05) is 81.2 Å². The van der Waals surface area contributed by atoms with Crippen LogP contribution < -0.4 is 0 Å². The minimum Gasteiger partial charge on any atom is -0.358 e. The van der Waals surface area contributed by atoms with Gasteiger partial charge in [-0.2, -0.15) is 11.8 Å². The Hall–Kier alpha value is -1.46. The summed E-state index contributed by atoms with van der Waals surface area (Å²) in [6.07, 6.45) is 2.12. The number of amides is 1. The summed E-state index contributed by atoms with van der Waals surface area (Å²) in [5.74, 6) is 0.855. The Morgan fingerprint density at radius 1 is 1.12 bits per heavy atom. The van der Waals surface area contributed by atoms with Crippen molar-refractivity contribution in [1.82, 2.24) is 4.90 Å². The van der Waals surface area contributed by atoms with Crippen molar-refractivity contribution in [3.05, 3.63) is 82.4 Å². The molecule has 2 aromatic rings. The molecule has 1 fully saturated rings. The lowest BCUT2D eigenvalue weighted by Crippen LogP contribution is -2.55. The summed E-state index contributed by atoms with van der Waals surface area (Å²) in [5, 5.41) is 1.30. The molecule has 6 heteroatoms. The summed E-state index contributed by atoms with van der Waals surface area (Å²) in [6.45, 7) is 12.6. The first kappa shape index (κ1) is 26.2. The molecule has 1 amide bonds. The molecule has 0 radical (unpaired) electrons. The molecule has 1 saturated heterocycles. The van der Waals surface area contributed by atoms with Gasteiger partial charge in [0.05, 0.1) is 6.04 Å². The van der Waals surface area contributed by atoms with E-state index in [9.17, 15) is 4.79 Å². The van der Waals surface area contributed by atoms with Gasteiger partial charge in [0.1, 0.15) is 12.2 Å². The van der Waals surface area contributed by atoms with Crippen molar-refractivity contribution in [2.75, 3.05) is 5.75 Å². The topological polar surface area (TPSA) is 29.5 Å². The molecule has 4 atom stereocenters. The van der Waals surface area contributed by atoms with E-state index in [1.807, 2.05) is 60.3 Å². The number of rotatable bonds is 8. The number of benzene rings is 2. The number of hydrogen-bond donors (Lipinski definition) is 0. The molecule has 0 spiro atoms. The Morgan fingerprint density at radius 2 is 1.82 bits per heavy atom. The largest absolute Gasteiger partial charge is 0.358 e. The molecule has 3 nitrogen and oxygen atoms in total. The van der Waals surface area contributed by atoms with Crippen LogP contribution in [0.2, 0.25) is 10.0 Å². The second-order valence-electron chi connectivity index (χ2n) is 9.35. The maximum absolute atomic E-state index is 13.8. The highest BCUT2D eigenvalue weighted by Gasteiger charge is 2.46. The highest BCUT2D eigenvalue weighted by molar-refractivity contribution is 8.00. The van der Waals surface area contributed by atoms with Crippen LogP contribution in [0.3, 0.4) is 0 Å². The minimum atomic E-state index is -0.580. The van der Waals surface area contributed by atoms with Crippen molar-refractivity contribution in [3.63, 3.8) is 0 Å². The fraction of sp³-hybridized carbons (Fsp3) is 0.444. The normalized spacial score (nSPS) is 22.3. The van der Waals surface area contributed by atoms with Gasteiger partial charge in [0.15, 0.2) is 0 Å². The van der Waals surface area contributed by atoms with E-state index in [2.05, 4.69) is 39.2 Å². The van der Waals surface area contributed by atoms with Crippen LogP contribution in [0.1, 0.15) is 63.8 Å². The zero-order valence-electron chi connectivity index (χ0n) is 19.8. The SMILES string of the molecule is C=CC[C@@H]1O[C@H](c2cccc(Cl)c2)[C@@H](c2ccc(Cl)cc2)N([C@H](CC)CSC(C)(C)C)C1=O. The lowest BCUT2D eigenvalue weighted by atomic mass is 9.89. The molecular formula is C27H33Cl2NO2S. The Balaban J connectivity index is 2.13. The summed E-state index contributed by atoms with van der Waals surface area (Å²) in [5.41, 5.74) is 1.95. The van der Waals surface area contributed by atoms with Gasteiger partial charge < -0.3 is 9.64 Å². The predicted octanol–water partition coefficient (Wildman–Crippen LogP) is 7.89. The van der Waals surface area contributed by atoms with Crippen LogP contribution in [0.25, 0.3) is 0 Å². The van der Waals surface area contributed by atoms with Crippen molar-refractivity contribution >= 4 is 40.9 Å². The van der Waals surface area contributed by atoms with E-state index in [1.165, 1.54) is 0 Å². The first-order chi connectivity index (χ1) is 15.6. The van der Waals surface area contributed by atoms with Crippen molar-refractivity contribution < 1.29 is 9.53 Å². The maximum atomic E-state index is 13.8. The molecular weight excluding hydrogens is 473 g/mol. The molecule has 3 rings (SSSR count). The van der Waals surface area contributed by atoms with Crippen LogP contribution in [0.15, 0.2) is 61.2 Å². The fourth-order valence-corrected chi connectivity index (χ4v) is 5.57. The first-order valence-electron chi connectivity index (χ1n) is 11.4. The number of morpholine rings is 1. The van der Waals surface area contributed by atoms with E-state index in [-0.39, 0.29) is 28.8 Å². The van der Waals surface area contributed by atoms with E-state index in [1.54, 1.807) is 6.08 Å². The van der Waals surface area contributed by atoms with Crippen LogP contribution >= 0.6 is 35.0 Å². The van der Waals surface area contributed by atoms with Crippen molar-refractivity contribution in [1.29, 1.82) is 0 Å². The lowest BCUT2D eigenvalue weighted by Gasteiger charge is -2.48. The van der Waals surface area contributed by atoms with Crippen molar-refractivity contribution in [3.8, 4) is 0 Å². The number of nitrogens with zero attached hydrogens (tertiary/aromatic N) is 1. The zero-order valence-corrected chi connectivity index (χ0v) is 22.1. The predicted molar refractivity (Wildman–Crippen MR) is 141 cm³/mol. The molecule has 1 heterocycles. The van der Waals surface area contributed by atoms with Gasteiger partial charge in [-0.25, -0.2) is 0 Å².